The number of carbonyl (C=O) groups excluding carboxylic acids is 1. The van der Waals surface area contributed by atoms with Crippen molar-refractivity contribution in [2.45, 2.75) is 12.6 Å². The number of benzene rings is 1. The van der Waals surface area contributed by atoms with Gasteiger partial charge in [0.1, 0.15) is 12.4 Å². The van der Waals surface area contributed by atoms with Crippen LogP contribution >= 0.6 is 0 Å². The van der Waals surface area contributed by atoms with Crippen LogP contribution in [0.2, 0.25) is 0 Å². The molecule has 8 heteroatoms. The van der Waals surface area contributed by atoms with Gasteiger partial charge in [0, 0.05) is 28.7 Å². The highest BCUT2D eigenvalue weighted by Crippen LogP contribution is 2.33. The van der Waals surface area contributed by atoms with Gasteiger partial charge in [-0.25, -0.2) is 30.0 Å². The van der Waals surface area contributed by atoms with Crippen molar-refractivity contribution in [3.05, 3.63) is 72.0 Å². The summed E-state index contributed by atoms with van der Waals surface area (Å²) < 4.78 is 25.5. The summed E-state index contributed by atoms with van der Waals surface area (Å²) in [7, 11) is 0. The van der Waals surface area contributed by atoms with Gasteiger partial charge in [0.25, 0.3) is 6.43 Å². The molecule has 2 aromatic heterocycles. The van der Waals surface area contributed by atoms with Gasteiger partial charge in [0.05, 0.1) is 11.9 Å². The van der Waals surface area contributed by atoms with Crippen LogP contribution in [-0.2, 0) is 0 Å². The topological polar surface area (TPSA) is 53.7 Å². The van der Waals surface area contributed by atoms with Crippen LogP contribution in [0.5, 0.6) is 0 Å². The Kier molecular flexibility index (Phi) is 4.12. The Hall–Kier alpha value is -3.60. The van der Waals surface area contributed by atoms with E-state index in [0.717, 1.165) is 17.0 Å². The number of hydrogen-bond acceptors (Lipinski definition) is 3. The Labute approximate surface area is 153 Å². The third kappa shape index (κ3) is 2.83. The van der Waals surface area contributed by atoms with Crippen molar-refractivity contribution in [1.82, 2.24) is 9.97 Å². The number of pyridine rings is 2. The Morgan fingerprint density at radius 1 is 1.15 bits per heavy atom. The van der Waals surface area contributed by atoms with Crippen LogP contribution in [0.25, 0.3) is 15.6 Å². The zero-order chi connectivity index (χ0) is 19.0. The van der Waals surface area contributed by atoms with Gasteiger partial charge in [-0.05, 0) is 12.1 Å². The van der Waals surface area contributed by atoms with Crippen LogP contribution in [-0.4, -0.2) is 28.7 Å². The lowest BCUT2D eigenvalue weighted by atomic mass is 10.1. The van der Waals surface area contributed by atoms with Crippen LogP contribution in [0.1, 0.15) is 12.0 Å². The molecule has 0 radical (unpaired) electrons. The fraction of sp³-hybridized carbons (Fsp3) is 0.158. The van der Waals surface area contributed by atoms with E-state index in [1.807, 2.05) is 24.3 Å². The molecule has 3 aromatic rings. The molecule has 1 aliphatic heterocycles. The summed E-state index contributed by atoms with van der Waals surface area (Å²) in [6, 6.07) is 9.61. The zero-order valence-electron chi connectivity index (χ0n) is 14.0. The number of rotatable bonds is 3. The minimum absolute atomic E-state index is 0.0899. The van der Waals surface area contributed by atoms with Gasteiger partial charge < -0.3 is 0 Å². The van der Waals surface area contributed by atoms with Crippen molar-refractivity contribution in [1.29, 1.82) is 0 Å². The summed E-state index contributed by atoms with van der Waals surface area (Å²) in [6.07, 6.45) is 0.892. The standard InChI is InChI=1S/C19H13F2N5O/c1-22-17-11-25(16-7-6-13(9-24-16)18(20)21)19(27)26(17)15-10-23-8-12-4-2-3-5-14(12)15/h2-10,17-18H,11H2/t17-/m0/s1. The maximum Gasteiger partial charge on any atom is 0.336 e. The summed E-state index contributed by atoms with van der Waals surface area (Å²) in [6.45, 7) is 7.57. The number of aromatic nitrogens is 2. The minimum Gasteiger partial charge on any atom is -0.287 e. The van der Waals surface area contributed by atoms with Gasteiger partial charge in [-0.15, -0.1) is 0 Å². The lowest BCUT2D eigenvalue weighted by molar-refractivity contribution is 0.151. The summed E-state index contributed by atoms with van der Waals surface area (Å²) in [4.78, 5) is 27.4. The molecule has 0 unspecified atom stereocenters. The number of amides is 2. The van der Waals surface area contributed by atoms with E-state index in [4.69, 9.17) is 6.57 Å². The Morgan fingerprint density at radius 2 is 1.96 bits per heavy atom. The first-order valence-corrected chi connectivity index (χ1v) is 8.14. The quantitative estimate of drug-likeness (QED) is 0.652. The Balaban J connectivity index is 1.74. The number of hydrogen-bond donors (Lipinski definition) is 0. The van der Waals surface area contributed by atoms with Crippen LogP contribution in [0.15, 0.2) is 55.0 Å². The molecule has 0 spiro atoms. The maximum atomic E-state index is 13.0. The van der Waals surface area contributed by atoms with Gasteiger partial charge in [-0.3, -0.25) is 14.7 Å². The van der Waals surface area contributed by atoms with E-state index in [2.05, 4.69) is 14.8 Å². The monoisotopic (exact) mass is 365 g/mol. The van der Waals surface area contributed by atoms with Crippen LogP contribution in [0.4, 0.5) is 25.1 Å². The van der Waals surface area contributed by atoms with Gasteiger partial charge in [-0.2, -0.15) is 0 Å². The molecule has 6 nitrogen and oxygen atoms in total. The fourth-order valence-electron chi connectivity index (χ4n) is 3.11. The molecule has 1 saturated heterocycles. The molecule has 2 amide bonds. The third-order valence-corrected chi connectivity index (χ3v) is 4.44. The second-order valence-electron chi connectivity index (χ2n) is 6.00. The van der Waals surface area contributed by atoms with E-state index in [1.54, 1.807) is 12.4 Å². The molecule has 4 rings (SSSR count). The van der Waals surface area contributed by atoms with Crippen molar-refractivity contribution in [2.24, 2.45) is 0 Å². The summed E-state index contributed by atoms with van der Waals surface area (Å²) >= 11 is 0. The van der Waals surface area contributed by atoms with E-state index < -0.39 is 18.6 Å². The molecule has 1 aliphatic rings. The molecule has 1 atom stereocenters. The van der Waals surface area contributed by atoms with Crippen LogP contribution in [0, 0.1) is 6.57 Å². The van der Waals surface area contributed by atoms with E-state index >= 15 is 0 Å². The van der Waals surface area contributed by atoms with Crippen molar-refractivity contribution >= 4 is 28.3 Å². The van der Waals surface area contributed by atoms with Crippen LogP contribution in [0.3, 0.4) is 0 Å². The number of halogens is 2. The number of nitrogens with zero attached hydrogens (tertiary/aromatic N) is 5. The Morgan fingerprint density at radius 3 is 2.67 bits per heavy atom. The van der Waals surface area contributed by atoms with E-state index in [-0.39, 0.29) is 17.9 Å². The van der Waals surface area contributed by atoms with Gasteiger partial charge >= 0.3 is 12.2 Å². The smallest absolute Gasteiger partial charge is 0.287 e. The van der Waals surface area contributed by atoms with E-state index in [1.165, 1.54) is 21.9 Å². The Bertz CT molecular complexity index is 1040. The molecular weight excluding hydrogens is 352 g/mol. The lowest BCUT2D eigenvalue weighted by Gasteiger charge is -2.18. The highest BCUT2D eigenvalue weighted by Gasteiger charge is 2.44. The maximum absolute atomic E-state index is 13.0. The van der Waals surface area contributed by atoms with Crippen molar-refractivity contribution < 1.29 is 13.6 Å². The molecular formula is C19H13F2N5O. The second-order valence-corrected chi connectivity index (χ2v) is 6.00. The SMILES string of the molecule is [C-]#[N+][C@@H]1CN(c2ccc(C(F)F)cn2)C(=O)N1c1cncc2ccccc12. The summed E-state index contributed by atoms with van der Waals surface area (Å²) in [5, 5.41) is 1.65. The molecule has 0 aliphatic carbocycles. The van der Waals surface area contributed by atoms with Gasteiger partial charge in [-0.1, -0.05) is 24.3 Å². The predicted molar refractivity (Wildman–Crippen MR) is 96.5 cm³/mol. The molecule has 27 heavy (non-hydrogen) atoms. The van der Waals surface area contributed by atoms with Crippen molar-refractivity contribution in [3.63, 3.8) is 0 Å². The number of anilines is 2. The first-order chi connectivity index (χ1) is 13.1. The minimum atomic E-state index is -2.63. The first-order valence-electron chi connectivity index (χ1n) is 8.14. The number of carbonyl (C=O) groups is 1. The van der Waals surface area contributed by atoms with Gasteiger partial charge in [0.15, 0.2) is 0 Å². The molecule has 0 N–H and O–H groups in total. The van der Waals surface area contributed by atoms with Crippen molar-refractivity contribution in [2.75, 3.05) is 16.3 Å². The number of alkyl halides is 2. The largest absolute Gasteiger partial charge is 0.336 e. The lowest BCUT2D eigenvalue weighted by Crippen LogP contribution is -2.34. The predicted octanol–water partition coefficient (Wildman–Crippen LogP) is 4.26. The van der Waals surface area contributed by atoms with E-state index in [0.29, 0.717) is 5.69 Å². The first kappa shape index (κ1) is 16.8. The third-order valence-electron chi connectivity index (χ3n) is 4.44. The zero-order valence-corrected chi connectivity index (χ0v) is 14.0. The number of fused-ring (bicyclic) bond motifs is 1. The average Bonchev–Trinajstić information content (AvgIpc) is 3.03. The van der Waals surface area contributed by atoms with E-state index in [9.17, 15) is 13.6 Å². The molecule has 0 saturated carbocycles. The number of urea groups is 1. The second kappa shape index (κ2) is 6.61. The molecule has 3 heterocycles. The summed E-state index contributed by atoms with van der Waals surface area (Å²) in [5.74, 6) is 0.230. The van der Waals surface area contributed by atoms with Crippen LogP contribution < -0.4 is 9.80 Å². The fourth-order valence-corrected chi connectivity index (χ4v) is 3.11. The molecule has 1 aromatic carbocycles. The average molecular weight is 365 g/mol. The molecule has 1 fully saturated rings. The molecule has 0 bridgehead atoms. The normalized spacial score (nSPS) is 17.0. The highest BCUT2D eigenvalue weighted by atomic mass is 19.3. The molecule has 134 valence electrons. The van der Waals surface area contributed by atoms with Crippen molar-refractivity contribution in [3.8, 4) is 0 Å². The van der Waals surface area contributed by atoms with Gasteiger partial charge in [0.2, 0.25) is 0 Å². The highest BCUT2D eigenvalue weighted by molar-refractivity contribution is 6.11. The summed E-state index contributed by atoms with van der Waals surface area (Å²) in [5.41, 5.74) is 0.313.